The molecular formula is C15H24FN3O. The van der Waals surface area contributed by atoms with E-state index in [1.165, 1.54) is 12.1 Å². The van der Waals surface area contributed by atoms with Crippen molar-refractivity contribution in [2.45, 2.75) is 32.9 Å². The topological polar surface area (TPSA) is 58.4 Å². The Morgan fingerprint density at radius 2 is 1.95 bits per heavy atom. The molecule has 0 aliphatic carbocycles. The minimum Gasteiger partial charge on any atom is -0.353 e. The van der Waals surface area contributed by atoms with Crippen LogP contribution in [0.1, 0.15) is 32.4 Å². The number of hydrogen-bond acceptors (Lipinski definition) is 3. The maximum Gasteiger partial charge on any atom is 0.234 e. The van der Waals surface area contributed by atoms with Gasteiger partial charge in [-0.15, -0.1) is 0 Å². The van der Waals surface area contributed by atoms with Crippen LogP contribution in [-0.4, -0.2) is 36.5 Å². The highest BCUT2D eigenvalue weighted by Crippen LogP contribution is 2.19. The number of hydrogen-bond donors (Lipinski definition) is 2. The molecule has 1 aromatic carbocycles. The van der Waals surface area contributed by atoms with Gasteiger partial charge in [-0.25, -0.2) is 4.39 Å². The van der Waals surface area contributed by atoms with Crippen LogP contribution in [0.25, 0.3) is 0 Å². The number of rotatable bonds is 7. The highest BCUT2D eigenvalue weighted by Gasteiger charge is 2.20. The summed E-state index contributed by atoms with van der Waals surface area (Å²) in [5, 5.41) is 2.87. The Hall–Kier alpha value is -1.46. The summed E-state index contributed by atoms with van der Waals surface area (Å²) in [4.78, 5) is 13.9. The van der Waals surface area contributed by atoms with Gasteiger partial charge in [-0.2, -0.15) is 0 Å². The monoisotopic (exact) mass is 281 g/mol. The van der Waals surface area contributed by atoms with E-state index >= 15 is 0 Å². The minimum atomic E-state index is -0.273. The van der Waals surface area contributed by atoms with E-state index in [4.69, 9.17) is 5.73 Å². The van der Waals surface area contributed by atoms with Crippen molar-refractivity contribution >= 4 is 5.91 Å². The molecule has 0 fully saturated rings. The second kappa shape index (κ2) is 7.97. The molecule has 0 aromatic heterocycles. The molecule has 1 aromatic rings. The third-order valence-electron chi connectivity index (χ3n) is 3.12. The van der Waals surface area contributed by atoms with Crippen LogP contribution in [0.4, 0.5) is 4.39 Å². The van der Waals surface area contributed by atoms with Gasteiger partial charge in [0, 0.05) is 18.6 Å². The predicted octanol–water partition coefficient (Wildman–Crippen LogP) is 1.67. The summed E-state index contributed by atoms with van der Waals surface area (Å²) in [5.74, 6) is -0.299. The van der Waals surface area contributed by atoms with Crippen molar-refractivity contribution in [2.75, 3.05) is 19.6 Å². The number of amides is 1. The van der Waals surface area contributed by atoms with Crippen LogP contribution in [0.2, 0.25) is 0 Å². The number of likely N-dealkylation sites (N-methyl/N-ethyl adjacent to an activating group) is 1. The second-order valence-corrected chi connectivity index (χ2v) is 5.09. The molecule has 0 saturated heterocycles. The van der Waals surface area contributed by atoms with Crippen molar-refractivity contribution in [2.24, 2.45) is 5.73 Å². The summed E-state index contributed by atoms with van der Waals surface area (Å²) in [6.45, 7) is 7.20. The van der Waals surface area contributed by atoms with E-state index in [0.29, 0.717) is 13.1 Å². The van der Waals surface area contributed by atoms with E-state index in [2.05, 4.69) is 5.32 Å². The largest absolute Gasteiger partial charge is 0.353 e. The summed E-state index contributed by atoms with van der Waals surface area (Å²) in [7, 11) is 0. The van der Waals surface area contributed by atoms with Crippen LogP contribution in [0.15, 0.2) is 24.3 Å². The lowest BCUT2D eigenvalue weighted by Gasteiger charge is -2.29. The van der Waals surface area contributed by atoms with Gasteiger partial charge in [0.15, 0.2) is 0 Å². The fraction of sp³-hybridized carbons (Fsp3) is 0.533. The van der Waals surface area contributed by atoms with Gasteiger partial charge in [0.05, 0.1) is 6.54 Å². The number of nitrogens with one attached hydrogen (secondary N) is 1. The molecule has 0 radical (unpaired) electrons. The standard InChI is InChI=1S/C15H24FN3O/c1-4-19(10-15(20)18-11(2)3)14(9-17)12-5-7-13(16)8-6-12/h5-8,11,14H,4,9-10,17H2,1-3H3,(H,18,20). The summed E-state index contributed by atoms with van der Waals surface area (Å²) >= 11 is 0. The minimum absolute atomic E-state index is 0.0255. The van der Waals surface area contributed by atoms with Crippen LogP contribution < -0.4 is 11.1 Å². The number of nitrogens with zero attached hydrogens (tertiary/aromatic N) is 1. The molecule has 3 N–H and O–H groups in total. The van der Waals surface area contributed by atoms with Crippen molar-refractivity contribution in [1.29, 1.82) is 0 Å². The predicted molar refractivity (Wildman–Crippen MR) is 78.7 cm³/mol. The summed E-state index contributed by atoms with van der Waals surface area (Å²) in [6, 6.07) is 6.30. The van der Waals surface area contributed by atoms with E-state index in [1.54, 1.807) is 12.1 Å². The SMILES string of the molecule is CCN(CC(=O)NC(C)C)C(CN)c1ccc(F)cc1. The zero-order chi connectivity index (χ0) is 15.1. The lowest BCUT2D eigenvalue weighted by molar-refractivity contribution is -0.123. The summed E-state index contributed by atoms with van der Waals surface area (Å²) in [6.07, 6.45) is 0. The lowest BCUT2D eigenvalue weighted by atomic mass is 10.1. The fourth-order valence-corrected chi connectivity index (χ4v) is 2.18. The van der Waals surface area contributed by atoms with E-state index in [9.17, 15) is 9.18 Å². The van der Waals surface area contributed by atoms with Crippen molar-refractivity contribution < 1.29 is 9.18 Å². The Morgan fingerprint density at radius 1 is 1.35 bits per heavy atom. The molecule has 0 aliphatic rings. The number of carbonyl (C=O) groups is 1. The molecule has 0 spiro atoms. The molecule has 0 aliphatic heterocycles. The molecule has 1 rings (SSSR count). The molecule has 0 heterocycles. The molecule has 20 heavy (non-hydrogen) atoms. The Kier molecular flexibility index (Phi) is 6.61. The van der Waals surface area contributed by atoms with E-state index in [0.717, 1.165) is 5.56 Å². The first kappa shape index (κ1) is 16.6. The van der Waals surface area contributed by atoms with Crippen molar-refractivity contribution in [3.05, 3.63) is 35.6 Å². The van der Waals surface area contributed by atoms with Gasteiger partial charge in [0.2, 0.25) is 5.91 Å². The van der Waals surface area contributed by atoms with Crippen LogP contribution in [0.3, 0.4) is 0 Å². The normalized spacial score (nSPS) is 12.8. The first-order valence-corrected chi connectivity index (χ1v) is 6.96. The number of nitrogens with two attached hydrogens (primary N) is 1. The number of halogens is 1. The first-order valence-electron chi connectivity index (χ1n) is 6.96. The molecule has 0 saturated carbocycles. The van der Waals surface area contributed by atoms with Gasteiger partial charge in [0.25, 0.3) is 0 Å². The van der Waals surface area contributed by atoms with Gasteiger partial charge in [-0.05, 0) is 38.1 Å². The third-order valence-corrected chi connectivity index (χ3v) is 3.12. The average molecular weight is 281 g/mol. The molecule has 1 atom stereocenters. The highest BCUT2D eigenvalue weighted by molar-refractivity contribution is 5.78. The average Bonchev–Trinajstić information content (AvgIpc) is 2.39. The second-order valence-electron chi connectivity index (χ2n) is 5.09. The molecule has 1 amide bonds. The molecule has 1 unspecified atom stereocenters. The molecule has 112 valence electrons. The Labute approximate surface area is 120 Å². The van der Waals surface area contributed by atoms with E-state index in [-0.39, 0.29) is 30.4 Å². The van der Waals surface area contributed by atoms with Crippen LogP contribution in [0, 0.1) is 5.82 Å². The Balaban J connectivity index is 2.79. The van der Waals surface area contributed by atoms with Crippen LogP contribution in [0.5, 0.6) is 0 Å². The number of benzene rings is 1. The lowest BCUT2D eigenvalue weighted by Crippen LogP contribution is -2.43. The van der Waals surface area contributed by atoms with Crippen molar-refractivity contribution in [3.8, 4) is 0 Å². The number of carbonyl (C=O) groups excluding carboxylic acids is 1. The Morgan fingerprint density at radius 3 is 2.40 bits per heavy atom. The highest BCUT2D eigenvalue weighted by atomic mass is 19.1. The van der Waals surface area contributed by atoms with E-state index in [1.807, 2.05) is 25.7 Å². The smallest absolute Gasteiger partial charge is 0.234 e. The van der Waals surface area contributed by atoms with E-state index < -0.39 is 0 Å². The van der Waals surface area contributed by atoms with Crippen molar-refractivity contribution in [1.82, 2.24) is 10.2 Å². The summed E-state index contributed by atoms with van der Waals surface area (Å²) in [5.41, 5.74) is 6.75. The Bertz CT molecular complexity index is 420. The molecule has 4 nitrogen and oxygen atoms in total. The maximum atomic E-state index is 13.0. The molecular weight excluding hydrogens is 257 g/mol. The molecule has 5 heteroatoms. The van der Waals surface area contributed by atoms with Gasteiger partial charge in [-0.1, -0.05) is 19.1 Å². The zero-order valence-electron chi connectivity index (χ0n) is 12.4. The van der Waals surface area contributed by atoms with Crippen LogP contribution >= 0.6 is 0 Å². The zero-order valence-corrected chi connectivity index (χ0v) is 12.4. The van der Waals surface area contributed by atoms with Gasteiger partial charge < -0.3 is 11.1 Å². The van der Waals surface area contributed by atoms with Crippen LogP contribution in [-0.2, 0) is 4.79 Å². The summed E-state index contributed by atoms with van der Waals surface area (Å²) < 4.78 is 13.0. The molecule has 0 bridgehead atoms. The van der Waals surface area contributed by atoms with Gasteiger partial charge in [0.1, 0.15) is 5.82 Å². The van der Waals surface area contributed by atoms with Crippen molar-refractivity contribution in [3.63, 3.8) is 0 Å². The van der Waals surface area contributed by atoms with Gasteiger partial charge >= 0.3 is 0 Å². The third kappa shape index (κ3) is 4.90. The van der Waals surface area contributed by atoms with Gasteiger partial charge in [-0.3, -0.25) is 9.69 Å². The maximum absolute atomic E-state index is 13.0. The first-order chi connectivity index (χ1) is 9.47. The fourth-order valence-electron chi connectivity index (χ4n) is 2.18. The quantitative estimate of drug-likeness (QED) is 0.799.